The van der Waals surface area contributed by atoms with Crippen LogP contribution in [-0.4, -0.2) is 27.7 Å². The van der Waals surface area contributed by atoms with Gasteiger partial charge in [-0.15, -0.1) is 0 Å². The van der Waals surface area contributed by atoms with E-state index in [4.69, 9.17) is 16.3 Å². The standard InChI is InChI=1S/C18H14ClFN4O4/c1-28-16-7-6-11(8-15(16)24(26)27)18(25)21-17-13(19)10-23(22-17)9-12-4-2-3-5-14(12)20/h2-8,10H,9H2,1H3,(H,21,22,25). The summed E-state index contributed by atoms with van der Waals surface area (Å²) in [6.45, 7) is 0.121. The highest BCUT2D eigenvalue weighted by atomic mass is 35.5. The Kier molecular flexibility index (Phi) is 5.55. The van der Waals surface area contributed by atoms with Gasteiger partial charge in [0.15, 0.2) is 11.6 Å². The molecule has 1 amide bonds. The number of carbonyl (C=O) groups is 1. The molecular formula is C18H14ClFN4O4. The Morgan fingerprint density at radius 2 is 2.11 bits per heavy atom. The molecule has 0 saturated carbocycles. The summed E-state index contributed by atoms with van der Waals surface area (Å²) in [7, 11) is 1.30. The molecule has 0 radical (unpaired) electrons. The molecule has 0 bridgehead atoms. The highest BCUT2D eigenvalue weighted by Gasteiger charge is 2.19. The monoisotopic (exact) mass is 404 g/mol. The second-order valence-electron chi connectivity index (χ2n) is 5.71. The first-order valence-electron chi connectivity index (χ1n) is 7.99. The first-order valence-corrected chi connectivity index (χ1v) is 8.37. The number of halogens is 2. The van der Waals surface area contributed by atoms with Gasteiger partial charge in [-0.05, 0) is 18.2 Å². The molecule has 0 unspecified atom stereocenters. The summed E-state index contributed by atoms with van der Waals surface area (Å²) in [5, 5.41) is 17.9. The summed E-state index contributed by atoms with van der Waals surface area (Å²) in [5.74, 6) is -0.927. The smallest absolute Gasteiger partial charge is 0.311 e. The fraction of sp³-hybridized carbons (Fsp3) is 0.111. The molecule has 3 aromatic rings. The topological polar surface area (TPSA) is 99.3 Å². The van der Waals surface area contributed by atoms with Crippen LogP contribution in [0, 0.1) is 15.9 Å². The fourth-order valence-corrected chi connectivity index (χ4v) is 2.72. The van der Waals surface area contributed by atoms with E-state index in [9.17, 15) is 19.3 Å². The third-order valence-corrected chi connectivity index (χ3v) is 4.15. The van der Waals surface area contributed by atoms with Crippen molar-refractivity contribution in [2.45, 2.75) is 6.54 Å². The van der Waals surface area contributed by atoms with Gasteiger partial charge in [-0.2, -0.15) is 5.10 Å². The van der Waals surface area contributed by atoms with E-state index >= 15 is 0 Å². The molecule has 10 heteroatoms. The zero-order valence-corrected chi connectivity index (χ0v) is 15.3. The summed E-state index contributed by atoms with van der Waals surface area (Å²) in [4.78, 5) is 22.9. The largest absolute Gasteiger partial charge is 0.490 e. The van der Waals surface area contributed by atoms with E-state index in [1.807, 2.05) is 0 Å². The van der Waals surface area contributed by atoms with E-state index in [1.54, 1.807) is 18.2 Å². The normalized spacial score (nSPS) is 10.5. The second kappa shape index (κ2) is 8.05. The minimum absolute atomic E-state index is 0.0345. The van der Waals surface area contributed by atoms with Crippen molar-refractivity contribution in [3.63, 3.8) is 0 Å². The molecule has 0 spiro atoms. The molecule has 144 valence electrons. The number of aromatic nitrogens is 2. The average Bonchev–Trinajstić information content (AvgIpc) is 3.01. The fourth-order valence-electron chi connectivity index (χ4n) is 2.52. The van der Waals surface area contributed by atoms with E-state index in [2.05, 4.69) is 10.4 Å². The van der Waals surface area contributed by atoms with E-state index in [0.717, 1.165) is 6.07 Å². The number of anilines is 1. The Hall–Kier alpha value is -3.46. The first kappa shape index (κ1) is 19.3. The van der Waals surface area contributed by atoms with Crippen LogP contribution in [0.4, 0.5) is 15.9 Å². The number of nitrogens with one attached hydrogen (secondary N) is 1. The van der Waals surface area contributed by atoms with Crippen molar-refractivity contribution in [1.29, 1.82) is 0 Å². The van der Waals surface area contributed by atoms with Gasteiger partial charge in [0.05, 0.1) is 18.6 Å². The molecule has 0 aliphatic heterocycles. The summed E-state index contributed by atoms with van der Waals surface area (Å²) in [6, 6.07) is 10.0. The molecule has 1 aromatic heterocycles. The number of hydrogen-bond donors (Lipinski definition) is 1. The van der Waals surface area contributed by atoms with Crippen molar-refractivity contribution in [3.05, 3.63) is 80.7 Å². The lowest BCUT2D eigenvalue weighted by molar-refractivity contribution is -0.385. The predicted molar refractivity (Wildman–Crippen MR) is 100 cm³/mol. The van der Waals surface area contributed by atoms with E-state index in [1.165, 1.54) is 36.2 Å². The summed E-state index contributed by atoms with van der Waals surface area (Å²) < 4.78 is 20.1. The van der Waals surface area contributed by atoms with Crippen LogP contribution in [0.1, 0.15) is 15.9 Å². The molecule has 0 atom stereocenters. The van der Waals surface area contributed by atoms with Crippen LogP contribution in [0.2, 0.25) is 5.02 Å². The minimum Gasteiger partial charge on any atom is -0.490 e. The number of nitrogens with zero attached hydrogens (tertiary/aromatic N) is 3. The van der Waals surface area contributed by atoms with Gasteiger partial charge >= 0.3 is 5.69 Å². The molecule has 0 fully saturated rings. The van der Waals surface area contributed by atoms with Crippen molar-refractivity contribution in [2.75, 3.05) is 12.4 Å². The van der Waals surface area contributed by atoms with Crippen molar-refractivity contribution in [3.8, 4) is 5.75 Å². The van der Waals surface area contributed by atoms with Gasteiger partial charge < -0.3 is 10.1 Å². The first-order chi connectivity index (χ1) is 13.4. The lowest BCUT2D eigenvalue weighted by Gasteiger charge is -2.06. The Balaban J connectivity index is 1.80. The number of hydrogen-bond acceptors (Lipinski definition) is 5. The summed E-state index contributed by atoms with van der Waals surface area (Å²) in [6.07, 6.45) is 1.44. The van der Waals surface area contributed by atoms with Crippen LogP contribution in [0.15, 0.2) is 48.7 Å². The number of methoxy groups -OCH3 is 1. The lowest BCUT2D eigenvalue weighted by Crippen LogP contribution is -2.13. The van der Waals surface area contributed by atoms with Crippen molar-refractivity contribution >= 4 is 29.0 Å². The second-order valence-corrected chi connectivity index (χ2v) is 6.12. The van der Waals surface area contributed by atoms with Crippen LogP contribution >= 0.6 is 11.6 Å². The van der Waals surface area contributed by atoms with Gasteiger partial charge in [-0.25, -0.2) is 4.39 Å². The Morgan fingerprint density at radius 3 is 2.79 bits per heavy atom. The van der Waals surface area contributed by atoms with Crippen molar-refractivity contribution in [1.82, 2.24) is 9.78 Å². The predicted octanol–water partition coefficient (Wildman–Crippen LogP) is 3.89. The summed E-state index contributed by atoms with van der Waals surface area (Å²) >= 11 is 6.09. The lowest BCUT2D eigenvalue weighted by atomic mass is 10.1. The zero-order valence-electron chi connectivity index (χ0n) is 14.6. The van der Waals surface area contributed by atoms with E-state index in [-0.39, 0.29) is 40.2 Å². The maximum atomic E-state index is 13.8. The Bertz CT molecular complexity index is 1050. The van der Waals surface area contributed by atoms with Crippen LogP contribution in [0.25, 0.3) is 0 Å². The highest BCUT2D eigenvalue weighted by Crippen LogP contribution is 2.28. The van der Waals surface area contributed by atoms with Crippen molar-refractivity contribution in [2.24, 2.45) is 0 Å². The van der Waals surface area contributed by atoms with Gasteiger partial charge in [0.2, 0.25) is 0 Å². The number of rotatable bonds is 6. The molecule has 0 aliphatic carbocycles. The Labute approximate surface area is 163 Å². The molecule has 0 saturated heterocycles. The number of carbonyl (C=O) groups excluding carboxylic acids is 1. The van der Waals surface area contributed by atoms with Crippen molar-refractivity contribution < 1.29 is 18.8 Å². The molecule has 3 rings (SSSR count). The number of ether oxygens (including phenoxy) is 1. The number of benzene rings is 2. The van der Waals surface area contributed by atoms with E-state index < -0.39 is 10.8 Å². The number of nitro groups is 1. The summed E-state index contributed by atoms with van der Waals surface area (Å²) in [5.41, 5.74) is 0.101. The third-order valence-electron chi connectivity index (χ3n) is 3.88. The minimum atomic E-state index is -0.647. The van der Waals surface area contributed by atoms with E-state index in [0.29, 0.717) is 5.56 Å². The molecule has 28 heavy (non-hydrogen) atoms. The molecular weight excluding hydrogens is 391 g/mol. The van der Waals surface area contributed by atoms with Gasteiger partial charge in [0.25, 0.3) is 5.91 Å². The van der Waals surface area contributed by atoms with Gasteiger partial charge in [0.1, 0.15) is 10.8 Å². The van der Waals surface area contributed by atoms with Crippen LogP contribution in [0.3, 0.4) is 0 Å². The van der Waals surface area contributed by atoms with Crippen LogP contribution in [0.5, 0.6) is 5.75 Å². The molecule has 1 heterocycles. The molecule has 8 nitrogen and oxygen atoms in total. The number of nitro benzene ring substituents is 1. The molecule has 2 aromatic carbocycles. The molecule has 1 N–H and O–H groups in total. The maximum Gasteiger partial charge on any atom is 0.311 e. The average molecular weight is 405 g/mol. The quantitative estimate of drug-likeness (QED) is 0.496. The van der Waals surface area contributed by atoms with Crippen LogP contribution in [-0.2, 0) is 6.54 Å². The van der Waals surface area contributed by atoms with Gasteiger partial charge in [-0.3, -0.25) is 19.6 Å². The Morgan fingerprint density at radius 1 is 1.36 bits per heavy atom. The van der Waals surface area contributed by atoms with Gasteiger partial charge in [-0.1, -0.05) is 29.8 Å². The zero-order chi connectivity index (χ0) is 20.3. The highest BCUT2D eigenvalue weighted by molar-refractivity contribution is 6.33. The molecule has 0 aliphatic rings. The van der Waals surface area contributed by atoms with Gasteiger partial charge in [0, 0.05) is 23.4 Å². The maximum absolute atomic E-state index is 13.8. The number of amides is 1. The third kappa shape index (κ3) is 4.09. The van der Waals surface area contributed by atoms with Crippen LogP contribution < -0.4 is 10.1 Å². The SMILES string of the molecule is COc1ccc(C(=O)Nc2nn(Cc3ccccc3F)cc2Cl)cc1[N+](=O)[O-].